The van der Waals surface area contributed by atoms with Crippen molar-refractivity contribution in [3.8, 4) is 0 Å². The van der Waals surface area contributed by atoms with Crippen LogP contribution in [0.5, 0.6) is 0 Å². The van der Waals surface area contributed by atoms with Crippen LogP contribution < -0.4 is 11.1 Å². The van der Waals surface area contributed by atoms with Gasteiger partial charge in [0.25, 0.3) is 0 Å². The monoisotopic (exact) mass is 346 g/mol. The number of carbonyl (C=O) groups is 1. The van der Waals surface area contributed by atoms with Gasteiger partial charge < -0.3 is 11.1 Å². The maximum Gasteiger partial charge on any atom is 0.220 e. The van der Waals surface area contributed by atoms with Crippen LogP contribution in [0.3, 0.4) is 0 Å². The molecule has 2 rings (SSSR count). The van der Waals surface area contributed by atoms with Gasteiger partial charge in [-0.1, -0.05) is 28.1 Å². The van der Waals surface area contributed by atoms with E-state index >= 15 is 0 Å². The number of rotatable bonds is 6. The molecule has 0 aromatic heterocycles. The van der Waals surface area contributed by atoms with Gasteiger partial charge >= 0.3 is 0 Å². The first-order valence-electron chi connectivity index (χ1n) is 6.43. The van der Waals surface area contributed by atoms with Crippen LogP contribution in [0, 0.1) is 5.92 Å². The molecule has 0 radical (unpaired) electrons. The molecule has 0 spiro atoms. The van der Waals surface area contributed by atoms with Gasteiger partial charge in [0.1, 0.15) is 0 Å². The molecule has 0 bridgehead atoms. The number of amides is 1. The first-order valence-corrected chi connectivity index (χ1v) is 7.22. The number of hydrogen-bond donors (Lipinski definition) is 2. The van der Waals surface area contributed by atoms with Crippen LogP contribution in [0.2, 0.25) is 0 Å². The number of nitrogens with one attached hydrogen (secondary N) is 1. The third-order valence-corrected chi connectivity index (χ3v) is 3.87. The highest BCUT2D eigenvalue weighted by Crippen LogP contribution is 2.32. The molecule has 1 unspecified atom stereocenters. The number of carbonyl (C=O) groups excluding carboxylic acids is 1. The Kier molecular flexibility index (Phi) is 6.83. The molecule has 1 aliphatic rings. The van der Waals surface area contributed by atoms with E-state index in [1.54, 1.807) is 0 Å². The summed E-state index contributed by atoms with van der Waals surface area (Å²) in [6.07, 6.45) is 3.72. The summed E-state index contributed by atoms with van der Waals surface area (Å²) in [5.41, 5.74) is 6.85. The molecule has 1 aromatic rings. The van der Waals surface area contributed by atoms with E-state index in [0.29, 0.717) is 18.9 Å². The third kappa shape index (κ3) is 5.51. The maximum absolute atomic E-state index is 11.8. The summed E-state index contributed by atoms with van der Waals surface area (Å²) in [7, 11) is 0. The molecule has 1 saturated carbocycles. The van der Waals surface area contributed by atoms with Gasteiger partial charge in [-0.3, -0.25) is 4.79 Å². The highest BCUT2D eigenvalue weighted by molar-refractivity contribution is 9.10. The minimum absolute atomic E-state index is 0. The minimum Gasteiger partial charge on any atom is -0.352 e. The van der Waals surface area contributed by atoms with E-state index < -0.39 is 0 Å². The van der Waals surface area contributed by atoms with Gasteiger partial charge in [-0.15, -0.1) is 12.4 Å². The summed E-state index contributed by atoms with van der Waals surface area (Å²) < 4.78 is 1.06. The number of aryl methyl sites for hydroxylation is 1. The summed E-state index contributed by atoms with van der Waals surface area (Å²) in [4.78, 5) is 11.8. The highest BCUT2D eigenvalue weighted by atomic mass is 79.9. The van der Waals surface area contributed by atoms with Gasteiger partial charge in [0, 0.05) is 23.5 Å². The lowest BCUT2D eigenvalue weighted by Crippen LogP contribution is -2.41. The minimum atomic E-state index is 0. The van der Waals surface area contributed by atoms with E-state index in [0.717, 1.165) is 10.9 Å². The van der Waals surface area contributed by atoms with Crippen LogP contribution in [0.15, 0.2) is 28.7 Å². The fourth-order valence-electron chi connectivity index (χ4n) is 2.06. The lowest BCUT2D eigenvalue weighted by atomic mass is 10.1. The fraction of sp³-hybridized carbons (Fsp3) is 0.500. The molecule has 0 heterocycles. The molecule has 1 aliphatic carbocycles. The van der Waals surface area contributed by atoms with Gasteiger partial charge in [-0.2, -0.15) is 0 Å². The predicted octanol–water partition coefficient (Wildman–Crippen LogP) is 2.66. The van der Waals surface area contributed by atoms with Crippen molar-refractivity contribution in [2.75, 3.05) is 6.54 Å². The Morgan fingerprint density at radius 2 is 2.00 bits per heavy atom. The molecule has 5 heteroatoms. The van der Waals surface area contributed by atoms with Crippen molar-refractivity contribution in [3.05, 3.63) is 34.3 Å². The average molecular weight is 348 g/mol. The number of hydrogen-bond acceptors (Lipinski definition) is 2. The van der Waals surface area contributed by atoms with Crippen LogP contribution in [0.1, 0.15) is 24.8 Å². The van der Waals surface area contributed by atoms with Crippen LogP contribution in [-0.4, -0.2) is 18.5 Å². The standard InChI is InChI=1S/C14H19BrN2O.ClH/c15-12-6-1-10(2-7-12)3-8-14(18)17-13(9-16)11-4-5-11;/h1-2,6-7,11,13H,3-5,8-9,16H2,(H,17,18);1H. The van der Waals surface area contributed by atoms with Gasteiger partial charge in [-0.25, -0.2) is 0 Å². The van der Waals surface area contributed by atoms with Crippen molar-refractivity contribution in [1.82, 2.24) is 5.32 Å². The largest absolute Gasteiger partial charge is 0.352 e. The molecule has 1 aromatic carbocycles. The molecule has 1 amide bonds. The molecular weight excluding hydrogens is 328 g/mol. The molecule has 3 N–H and O–H groups in total. The summed E-state index contributed by atoms with van der Waals surface area (Å²) in [5.74, 6) is 0.729. The third-order valence-electron chi connectivity index (χ3n) is 3.35. The lowest BCUT2D eigenvalue weighted by molar-refractivity contribution is -0.121. The molecule has 1 fully saturated rings. The smallest absolute Gasteiger partial charge is 0.220 e. The Morgan fingerprint density at radius 3 is 2.53 bits per heavy atom. The summed E-state index contributed by atoms with van der Waals surface area (Å²) >= 11 is 3.40. The number of halogens is 2. The Morgan fingerprint density at radius 1 is 1.37 bits per heavy atom. The van der Waals surface area contributed by atoms with Gasteiger partial charge in [0.2, 0.25) is 5.91 Å². The second-order valence-electron chi connectivity index (χ2n) is 4.87. The average Bonchev–Trinajstić information content (AvgIpc) is 3.19. The Labute approximate surface area is 128 Å². The highest BCUT2D eigenvalue weighted by Gasteiger charge is 2.30. The second-order valence-corrected chi connectivity index (χ2v) is 5.79. The first kappa shape index (κ1) is 16.5. The van der Waals surface area contributed by atoms with E-state index in [1.165, 1.54) is 18.4 Å². The Balaban J connectivity index is 0.00000180. The molecule has 1 atom stereocenters. The van der Waals surface area contributed by atoms with E-state index in [2.05, 4.69) is 21.2 Å². The second kappa shape index (κ2) is 7.88. The van der Waals surface area contributed by atoms with Crippen molar-refractivity contribution in [1.29, 1.82) is 0 Å². The Bertz CT molecular complexity index is 406. The number of nitrogens with two attached hydrogens (primary N) is 1. The van der Waals surface area contributed by atoms with Crippen LogP contribution in [-0.2, 0) is 11.2 Å². The van der Waals surface area contributed by atoms with Crippen molar-refractivity contribution in [2.45, 2.75) is 31.7 Å². The fourth-order valence-corrected chi connectivity index (χ4v) is 2.32. The zero-order chi connectivity index (χ0) is 13.0. The van der Waals surface area contributed by atoms with E-state index in [4.69, 9.17) is 5.73 Å². The normalized spacial score (nSPS) is 15.5. The molecular formula is C14H20BrClN2O. The van der Waals surface area contributed by atoms with Crippen molar-refractivity contribution in [3.63, 3.8) is 0 Å². The lowest BCUT2D eigenvalue weighted by Gasteiger charge is -2.15. The quantitative estimate of drug-likeness (QED) is 0.831. The molecule has 0 aliphatic heterocycles. The van der Waals surface area contributed by atoms with Crippen molar-refractivity contribution in [2.24, 2.45) is 11.7 Å². The van der Waals surface area contributed by atoms with E-state index in [1.807, 2.05) is 24.3 Å². The zero-order valence-corrected chi connectivity index (χ0v) is 13.2. The van der Waals surface area contributed by atoms with Crippen LogP contribution in [0.4, 0.5) is 0 Å². The predicted molar refractivity (Wildman–Crippen MR) is 83.4 cm³/mol. The van der Waals surface area contributed by atoms with Crippen molar-refractivity contribution >= 4 is 34.2 Å². The molecule has 3 nitrogen and oxygen atoms in total. The van der Waals surface area contributed by atoms with Crippen LogP contribution >= 0.6 is 28.3 Å². The van der Waals surface area contributed by atoms with Crippen LogP contribution in [0.25, 0.3) is 0 Å². The first-order chi connectivity index (χ1) is 8.69. The zero-order valence-electron chi connectivity index (χ0n) is 10.8. The molecule has 106 valence electrons. The maximum atomic E-state index is 11.8. The summed E-state index contributed by atoms with van der Waals surface area (Å²) in [6.45, 7) is 0.550. The topological polar surface area (TPSA) is 55.1 Å². The van der Waals surface area contributed by atoms with Gasteiger partial charge in [-0.05, 0) is 42.9 Å². The summed E-state index contributed by atoms with van der Waals surface area (Å²) in [6, 6.07) is 8.26. The molecule has 0 saturated heterocycles. The van der Waals surface area contributed by atoms with E-state index in [-0.39, 0.29) is 24.4 Å². The van der Waals surface area contributed by atoms with E-state index in [9.17, 15) is 4.79 Å². The van der Waals surface area contributed by atoms with Gasteiger partial charge in [0.15, 0.2) is 0 Å². The number of benzene rings is 1. The van der Waals surface area contributed by atoms with Gasteiger partial charge in [0.05, 0.1) is 0 Å². The molecule has 19 heavy (non-hydrogen) atoms. The Hall–Kier alpha value is -0.580. The van der Waals surface area contributed by atoms with Crippen molar-refractivity contribution < 1.29 is 4.79 Å². The summed E-state index contributed by atoms with van der Waals surface area (Å²) in [5, 5.41) is 3.04. The SMILES string of the molecule is Cl.NCC(NC(=O)CCc1ccc(Br)cc1)C1CC1.